The molecule has 1 heterocycles. The summed E-state index contributed by atoms with van der Waals surface area (Å²) in [6, 6.07) is 0.268. The molecule has 9 nitrogen and oxygen atoms in total. The molecule has 2 amide bonds. The third-order valence-corrected chi connectivity index (χ3v) is 9.44. The molecule has 0 bridgehead atoms. The zero-order valence-corrected chi connectivity index (χ0v) is 21.9. The Morgan fingerprint density at radius 1 is 1.21 bits per heavy atom. The lowest BCUT2D eigenvalue weighted by molar-refractivity contribution is -0.132. The van der Waals surface area contributed by atoms with Gasteiger partial charge in [0.15, 0.2) is 0 Å². The first-order valence-corrected chi connectivity index (χ1v) is 14.3. The molecule has 1 aliphatic heterocycles. The van der Waals surface area contributed by atoms with Gasteiger partial charge in [-0.15, -0.1) is 16.4 Å². The number of amides is 2. The fourth-order valence-electron chi connectivity index (χ4n) is 5.58. The zero-order chi connectivity index (χ0) is 25.0. The van der Waals surface area contributed by atoms with Crippen LogP contribution < -0.4 is 15.6 Å². The third kappa shape index (κ3) is 7.02. The molecule has 3 fully saturated rings. The second-order valence-corrected chi connectivity index (χ2v) is 12.5. The van der Waals surface area contributed by atoms with E-state index in [1.54, 1.807) is 11.9 Å². The number of hydrogen-bond acceptors (Lipinski definition) is 6. The standard InChI is InChI=1S/C22H39ClFN5O4S/c1-4-20(30)29(3)16-7-5-14(6-8-16)12-34(32,33)27-26-22(31)17-9-15(10-18(23)21(17)24)19-11-28(2)13-25-19/h14-19,21,25,27H,4-13H2,1-3H3,(H,26,31). The van der Waals surface area contributed by atoms with Crippen molar-refractivity contribution in [1.82, 2.24) is 25.4 Å². The summed E-state index contributed by atoms with van der Waals surface area (Å²) in [5.41, 5.74) is 2.24. The van der Waals surface area contributed by atoms with E-state index in [1.807, 2.05) is 14.0 Å². The number of sulfonamides is 1. The van der Waals surface area contributed by atoms with Crippen LogP contribution in [0.1, 0.15) is 51.9 Å². The minimum absolute atomic E-state index is 0.0414. The second kappa shape index (κ2) is 11.8. The summed E-state index contributed by atoms with van der Waals surface area (Å²) in [6.45, 7) is 3.36. The SMILES string of the molecule is CCC(=O)N(C)C1CCC(CS(=O)(=O)NNC(=O)C2CC(C3CN(C)CN3)CC(Cl)C2F)CC1. The fraction of sp³-hybridized carbons (Fsp3) is 0.909. The van der Waals surface area contributed by atoms with Gasteiger partial charge in [-0.2, -0.15) is 0 Å². The van der Waals surface area contributed by atoms with Gasteiger partial charge in [0.2, 0.25) is 21.8 Å². The molecular formula is C22H39ClFN5O4S. The van der Waals surface area contributed by atoms with Gasteiger partial charge in [-0.05, 0) is 57.4 Å². The van der Waals surface area contributed by atoms with Crippen molar-refractivity contribution in [3.8, 4) is 0 Å². The quantitative estimate of drug-likeness (QED) is 0.326. The smallest absolute Gasteiger partial charge is 0.241 e. The van der Waals surface area contributed by atoms with E-state index in [1.165, 1.54) is 0 Å². The number of carbonyl (C=O) groups is 2. The summed E-state index contributed by atoms with van der Waals surface area (Å²) in [5.74, 6) is -1.72. The predicted molar refractivity (Wildman–Crippen MR) is 129 cm³/mol. The highest BCUT2D eigenvalue weighted by Gasteiger charge is 2.44. The highest BCUT2D eigenvalue weighted by Crippen LogP contribution is 2.37. The minimum Gasteiger partial charge on any atom is -0.343 e. The molecule has 3 N–H and O–H groups in total. The Morgan fingerprint density at radius 3 is 2.47 bits per heavy atom. The van der Waals surface area contributed by atoms with Crippen molar-refractivity contribution >= 4 is 33.4 Å². The lowest BCUT2D eigenvalue weighted by Crippen LogP contribution is -2.52. The molecule has 0 spiro atoms. The minimum atomic E-state index is -3.78. The van der Waals surface area contributed by atoms with E-state index in [2.05, 4.69) is 20.5 Å². The third-order valence-electron chi connectivity index (χ3n) is 7.70. The number of nitrogens with zero attached hydrogens (tertiary/aromatic N) is 2. The van der Waals surface area contributed by atoms with Crippen LogP contribution in [0.2, 0.25) is 0 Å². The van der Waals surface area contributed by atoms with E-state index in [9.17, 15) is 22.4 Å². The lowest BCUT2D eigenvalue weighted by Gasteiger charge is -2.37. The summed E-state index contributed by atoms with van der Waals surface area (Å²) in [7, 11) is 0.00509. The summed E-state index contributed by atoms with van der Waals surface area (Å²) in [6.07, 6.45) is 2.60. The molecule has 5 unspecified atom stereocenters. The summed E-state index contributed by atoms with van der Waals surface area (Å²) in [5, 5.41) is 2.59. The van der Waals surface area contributed by atoms with Gasteiger partial charge in [0.05, 0.1) is 17.0 Å². The molecule has 3 aliphatic rings. The molecule has 3 rings (SSSR count). The van der Waals surface area contributed by atoms with E-state index in [4.69, 9.17) is 11.6 Å². The first-order valence-electron chi connectivity index (χ1n) is 12.3. The number of hydrazine groups is 1. The van der Waals surface area contributed by atoms with Crippen molar-refractivity contribution in [3.05, 3.63) is 0 Å². The molecule has 12 heteroatoms. The van der Waals surface area contributed by atoms with Crippen molar-refractivity contribution in [2.45, 2.75) is 75.5 Å². The number of likely N-dealkylation sites (N-methyl/N-ethyl adjacent to an activating group) is 1. The first-order chi connectivity index (χ1) is 16.0. The van der Waals surface area contributed by atoms with E-state index in [0.717, 1.165) is 26.1 Å². The molecule has 2 saturated carbocycles. The second-order valence-electron chi connectivity index (χ2n) is 10.2. The average molecular weight is 524 g/mol. The van der Waals surface area contributed by atoms with Crippen molar-refractivity contribution in [2.24, 2.45) is 17.8 Å². The van der Waals surface area contributed by atoms with Crippen molar-refractivity contribution in [3.63, 3.8) is 0 Å². The maximum absolute atomic E-state index is 14.8. The summed E-state index contributed by atoms with van der Waals surface area (Å²) >= 11 is 6.24. The van der Waals surface area contributed by atoms with E-state index in [0.29, 0.717) is 32.1 Å². The lowest BCUT2D eigenvalue weighted by atomic mass is 9.76. The van der Waals surface area contributed by atoms with Crippen LogP contribution in [0, 0.1) is 17.8 Å². The van der Waals surface area contributed by atoms with Crippen LogP contribution in [0.25, 0.3) is 0 Å². The number of hydrogen-bond donors (Lipinski definition) is 3. The monoisotopic (exact) mass is 523 g/mol. The molecule has 2 aliphatic carbocycles. The van der Waals surface area contributed by atoms with Gasteiger partial charge in [-0.1, -0.05) is 6.92 Å². The number of alkyl halides is 2. The molecule has 5 atom stereocenters. The molecule has 0 aromatic carbocycles. The van der Waals surface area contributed by atoms with Gasteiger partial charge >= 0.3 is 0 Å². The first kappa shape index (κ1) is 27.6. The van der Waals surface area contributed by atoms with Gasteiger partial charge in [-0.3, -0.25) is 25.2 Å². The van der Waals surface area contributed by atoms with E-state index < -0.39 is 33.4 Å². The van der Waals surface area contributed by atoms with E-state index in [-0.39, 0.29) is 35.6 Å². The fourth-order valence-corrected chi connectivity index (χ4v) is 7.28. The van der Waals surface area contributed by atoms with Crippen molar-refractivity contribution in [1.29, 1.82) is 0 Å². The maximum Gasteiger partial charge on any atom is 0.241 e. The molecule has 1 saturated heterocycles. The van der Waals surface area contributed by atoms with Crippen LogP contribution in [0.3, 0.4) is 0 Å². The van der Waals surface area contributed by atoms with Crippen LogP contribution in [-0.4, -0.2) is 86.7 Å². The Labute approximate surface area is 207 Å². The Bertz CT molecular complexity index is 826. The van der Waals surface area contributed by atoms with Gasteiger partial charge in [-0.25, -0.2) is 12.8 Å². The van der Waals surface area contributed by atoms with Gasteiger partial charge in [0.1, 0.15) is 6.17 Å². The maximum atomic E-state index is 14.8. The topological polar surface area (TPSA) is 111 Å². The highest BCUT2D eigenvalue weighted by molar-refractivity contribution is 7.89. The molecular weight excluding hydrogens is 485 g/mol. The van der Waals surface area contributed by atoms with Gasteiger partial charge < -0.3 is 4.90 Å². The average Bonchev–Trinajstić information content (AvgIpc) is 3.24. The van der Waals surface area contributed by atoms with Crippen molar-refractivity contribution < 1.29 is 22.4 Å². The van der Waals surface area contributed by atoms with Crippen LogP contribution >= 0.6 is 11.6 Å². The van der Waals surface area contributed by atoms with Crippen LogP contribution in [0.5, 0.6) is 0 Å². The summed E-state index contributed by atoms with van der Waals surface area (Å²) in [4.78, 5) is 30.7. The zero-order valence-electron chi connectivity index (χ0n) is 20.3. The molecule has 0 aromatic heterocycles. The van der Waals surface area contributed by atoms with Crippen LogP contribution in [0.4, 0.5) is 4.39 Å². The number of rotatable bonds is 8. The highest BCUT2D eigenvalue weighted by atomic mass is 35.5. The Balaban J connectivity index is 1.48. The molecule has 0 radical (unpaired) electrons. The van der Waals surface area contributed by atoms with Gasteiger partial charge in [0, 0.05) is 38.8 Å². The Hall–Kier alpha value is -1.01. The summed E-state index contributed by atoms with van der Waals surface area (Å²) < 4.78 is 39.9. The van der Waals surface area contributed by atoms with Crippen molar-refractivity contribution in [2.75, 3.05) is 33.1 Å². The molecule has 196 valence electrons. The van der Waals surface area contributed by atoms with E-state index >= 15 is 0 Å². The molecule has 0 aromatic rings. The normalized spacial score (nSPS) is 35.1. The Kier molecular flexibility index (Phi) is 9.58. The molecule has 34 heavy (non-hydrogen) atoms. The van der Waals surface area contributed by atoms with Gasteiger partial charge in [0.25, 0.3) is 0 Å². The number of nitrogens with one attached hydrogen (secondary N) is 3. The van der Waals surface area contributed by atoms with Crippen LogP contribution in [-0.2, 0) is 19.6 Å². The predicted octanol–water partition coefficient (Wildman–Crippen LogP) is 1.20. The number of carbonyl (C=O) groups excluding carboxylic acids is 2. The number of halogens is 2. The Morgan fingerprint density at radius 2 is 1.88 bits per heavy atom. The largest absolute Gasteiger partial charge is 0.343 e. The van der Waals surface area contributed by atoms with Crippen LogP contribution in [0.15, 0.2) is 0 Å².